The zero-order valence-corrected chi connectivity index (χ0v) is 64.6. The minimum atomic E-state index is -5.16. The van der Waals surface area contributed by atoms with Crippen LogP contribution in [-0.2, 0) is 57.5 Å². The number of nitrogens with one attached hydrogen (secondary N) is 2. The summed E-state index contributed by atoms with van der Waals surface area (Å²) in [5, 5.41) is 5.78. The molecule has 1 spiro atoms. The van der Waals surface area contributed by atoms with Crippen molar-refractivity contribution < 1.29 is 79.5 Å². The van der Waals surface area contributed by atoms with Gasteiger partial charge in [0.2, 0.25) is 70.9 Å². The minimum absolute atomic E-state index is 0.0327. The average Bonchev–Trinajstić information content (AvgIpc) is 1.13. The molecule has 2 bridgehead atoms. The van der Waals surface area contributed by atoms with E-state index in [9.17, 15) is 22.8 Å². The molecule has 8 fully saturated rings. The summed E-state index contributed by atoms with van der Waals surface area (Å²) >= 11 is 0. The molecule has 3 saturated heterocycles. The molecule has 4 aliphatic heterocycles. The molecule has 0 aromatic heterocycles. The van der Waals surface area contributed by atoms with E-state index in [4.69, 9.17) is 0 Å². The first-order valence-corrected chi connectivity index (χ1v) is 39.3. The fourth-order valence-electron chi connectivity index (χ4n) is 18.4. The number of carbonyl (C=O) groups excluding carboxylic acids is 12. The predicted molar refractivity (Wildman–Crippen MR) is 384 cm³/mol. The Hall–Kier alpha value is -6.97. The van der Waals surface area contributed by atoms with Crippen LogP contribution in [-0.4, -0.2) is 281 Å². The number of hydrogen-bond donors (Lipinski definition) is 2. The minimum Gasteiger partial charge on any atom is -0.347 e. The largest absolute Gasteiger partial charge is 0.397 e. The SMILES string of the molecule is CC[C@H](C)[C@@H]1NC(=O)[C@H](CC2CC2)N(C)C(=O)C[C@@H](C(=O)N(C)C)N(C)C(=O)[C@H](C2CCCC2)N(C)C(=O)C2(CCC2)N(C)C(=O)[C@@H]2C[C@@H](C)CN2C(=O)[C@H](CCC2CC(F)C(C(F)(F)F)C(F)C2)NC(=O)CN(C)C(=O)[C@H](CC2CCC(C)CC2)N2CC/C=C\C[C@@H](C2=O)N(C)C(=O)[C@@H]2CCCN2C1=O. The Balaban J connectivity index is 1.10. The van der Waals surface area contributed by atoms with Crippen LogP contribution in [0.15, 0.2) is 12.2 Å². The Morgan fingerprint density at radius 2 is 1.23 bits per heavy atom. The Labute approximate surface area is 622 Å². The van der Waals surface area contributed by atoms with Gasteiger partial charge in [0.1, 0.15) is 78.2 Å². The van der Waals surface area contributed by atoms with Crippen molar-refractivity contribution in [3.05, 3.63) is 12.2 Å². The molecule has 13 atom stereocenters. The van der Waals surface area contributed by atoms with Crippen molar-refractivity contribution in [1.29, 1.82) is 0 Å². The Morgan fingerprint density at radius 1 is 0.604 bits per heavy atom. The van der Waals surface area contributed by atoms with E-state index >= 15 is 56.7 Å². The predicted octanol–water partition coefficient (Wildman–Crippen LogP) is 6.67. The fourth-order valence-corrected chi connectivity index (χ4v) is 18.4. The summed E-state index contributed by atoms with van der Waals surface area (Å²) in [5.74, 6) is -12.3. The lowest BCUT2D eigenvalue weighted by Gasteiger charge is -2.51. The highest BCUT2D eigenvalue weighted by molar-refractivity contribution is 6.01. The van der Waals surface area contributed by atoms with E-state index in [1.807, 2.05) is 26.8 Å². The van der Waals surface area contributed by atoms with Crippen molar-refractivity contribution in [2.24, 2.45) is 47.3 Å². The highest BCUT2D eigenvalue weighted by Gasteiger charge is 2.58. The van der Waals surface area contributed by atoms with E-state index in [1.54, 1.807) is 6.08 Å². The van der Waals surface area contributed by atoms with Gasteiger partial charge in [0.05, 0.1) is 13.0 Å². The van der Waals surface area contributed by atoms with Crippen molar-refractivity contribution in [3.63, 3.8) is 0 Å². The number of carbonyl (C=O) groups is 12. The first-order valence-electron chi connectivity index (χ1n) is 39.3. The first-order chi connectivity index (χ1) is 50.0. The first kappa shape index (κ1) is 83.1. The van der Waals surface area contributed by atoms with Gasteiger partial charge in [-0.1, -0.05) is 97.6 Å². The zero-order valence-electron chi connectivity index (χ0n) is 64.6. The molecule has 0 radical (unpaired) electrons. The maximum atomic E-state index is 15.7. The van der Waals surface area contributed by atoms with E-state index in [2.05, 4.69) is 17.6 Å². The topological polar surface area (TPSA) is 261 Å². The number of rotatable bonds is 11. The fraction of sp³-hybridized carbons (Fsp3) is 0.818. The summed E-state index contributed by atoms with van der Waals surface area (Å²) in [4.78, 5) is 197. The van der Waals surface area contributed by atoms with Gasteiger partial charge in [-0.2, -0.15) is 13.2 Å². The Morgan fingerprint density at radius 3 is 1.81 bits per heavy atom. The number of likely N-dealkylation sites (N-methyl/N-ethyl adjacent to an activating group) is 7. The summed E-state index contributed by atoms with van der Waals surface area (Å²) in [6.45, 7) is 7.09. The van der Waals surface area contributed by atoms with Gasteiger partial charge in [0.25, 0.3) is 0 Å². The maximum absolute atomic E-state index is 15.7. The standard InChI is InChI=1S/C77H119F5N12O12/c1-13-47(4)64-73(104)92-36-19-24-56(92)70(101)88(9)55-23-15-14-18-35-93(72(55)103)60(41-48-27-25-45(2)26-28-48)69(100)86(7)44-61(95)83-54(32-31-50-38-52(78)63(53(79)39-50)77(80,81)82)67(98)94-43-46(3)37-59(94)71(102)91(12)76(33-20-34-76)75(106)90(11)65(51-21-16-17-22-51)74(105)89(10)58(68(99)85(5)6)42-62(96)87(8)57(66(97)84-64)40-49-29-30-49/h14-15,45-60,63-65H,13,16-44H2,1-12H3,(H,83,95)(H,84,97)/b15-14-/t45?,46-,47+,48?,50?,52?,53?,54+,55+,56+,57+,58+,59+,60+,63?,64+,65+/m1/s1. The number of nitrogens with zero attached hydrogens (tertiary/aromatic N) is 10. The zero-order chi connectivity index (χ0) is 77.7. The van der Waals surface area contributed by atoms with E-state index in [-0.39, 0.29) is 95.2 Å². The van der Waals surface area contributed by atoms with Gasteiger partial charge in [-0.25, -0.2) is 8.78 Å². The smallest absolute Gasteiger partial charge is 0.347 e. The maximum Gasteiger partial charge on any atom is 0.397 e. The van der Waals surface area contributed by atoms with Crippen molar-refractivity contribution in [2.45, 2.75) is 273 Å². The second-order valence-electron chi connectivity index (χ2n) is 33.4. The normalized spacial score (nSPS) is 34.2. The molecular weight excluding hydrogens is 1380 g/mol. The number of halogens is 5. The van der Waals surface area contributed by atoms with E-state index in [0.717, 1.165) is 56.3 Å². The van der Waals surface area contributed by atoms with Gasteiger partial charge >= 0.3 is 6.18 Å². The third-order valence-corrected chi connectivity index (χ3v) is 25.7. The number of hydrogen-bond acceptors (Lipinski definition) is 12. The van der Waals surface area contributed by atoms with E-state index in [0.29, 0.717) is 44.4 Å². The van der Waals surface area contributed by atoms with Crippen molar-refractivity contribution >= 4 is 70.9 Å². The molecule has 0 aromatic rings. The van der Waals surface area contributed by atoms with Crippen LogP contribution in [0.25, 0.3) is 0 Å². The van der Waals surface area contributed by atoms with Crippen LogP contribution >= 0.6 is 0 Å². The third-order valence-electron chi connectivity index (χ3n) is 25.7. The average molecular weight is 1500 g/mol. The molecule has 9 aliphatic rings. The van der Waals surface area contributed by atoms with Gasteiger partial charge in [0, 0.05) is 76.0 Å². The highest BCUT2D eigenvalue weighted by atomic mass is 19.4. The van der Waals surface area contributed by atoms with Crippen LogP contribution in [0.4, 0.5) is 22.0 Å². The summed E-state index contributed by atoms with van der Waals surface area (Å²) in [6.07, 6.45) is 0.838. The molecule has 594 valence electrons. The van der Waals surface area contributed by atoms with Crippen molar-refractivity contribution in [3.8, 4) is 0 Å². The molecule has 12 amide bonds. The van der Waals surface area contributed by atoms with Gasteiger partial charge in [-0.05, 0) is 144 Å². The Kier molecular flexibility index (Phi) is 27.6. The molecule has 24 nitrogen and oxygen atoms in total. The van der Waals surface area contributed by atoms with Gasteiger partial charge in [0.15, 0.2) is 0 Å². The van der Waals surface area contributed by atoms with Crippen LogP contribution < -0.4 is 10.6 Å². The Bertz CT molecular complexity index is 3240. The molecule has 5 aliphatic carbocycles. The van der Waals surface area contributed by atoms with Gasteiger partial charge in [-0.15, -0.1) is 0 Å². The van der Waals surface area contributed by atoms with Crippen molar-refractivity contribution in [1.82, 2.24) is 59.6 Å². The summed E-state index contributed by atoms with van der Waals surface area (Å²) in [7, 11) is 11.7. The van der Waals surface area contributed by atoms with Crippen LogP contribution in [0.1, 0.15) is 195 Å². The molecule has 106 heavy (non-hydrogen) atoms. The third kappa shape index (κ3) is 18.5. The van der Waals surface area contributed by atoms with Crippen LogP contribution in [0.5, 0.6) is 0 Å². The molecule has 9 rings (SSSR count). The second kappa shape index (κ2) is 35.2. The van der Waals surface area contributed by atoms with E-state index < -0.39 is 199 Å². The quantitative estimate of drug-likeness (QED) is 0.162. The number of amides is 12. The lowest BCUT2D eigenvalue weighted by molar-refractivity contribution is -0.219. The monoisotopic (exact) mass is 1500 g/mol. The second-order valence-corrected chi connectivity index (χ2v) is 33.4. The van der Waals surface area contributed by atoms with E-state index in [1.165, 1.54) is 100 Å². The molecular formula is C77H119F5N12O12. The molecule has 4 heterocycles. The molecule has 2 unspecified atom stereocenters. The highest BCUT2D eigenvalue weighted by Crippen LogP contribution is 2.46. The van der Waals surface area contributed by atoms with Crippen LogP contribution in [0.2, 0.25) is 0 Å². The molecule has 0 aromatic carbocycles. The molecule has 2 N–H and O–H groups in total. The number of alkyl halides is 5. The lowest BCUT2D eigenvalue weighted by atomic mass is 9.73. The molecule has 29 heteroatoms. The summed E-state index contributed by atoms with van der Waals surface area (Å²) < 4.78 is 72.9. The lowest BCUT2D eigenvalue weighted by Crippen LogP contribution is -2.68. The van der Waals surface area contributed by atoms with Crippen LogP contribution in [0.3, 0.4) is 0 Å². The molecule has 5 saturated carbocycles. The summed E-state index contributed by atoms with van der Waals surface area (Å²) in [6, 6.07) is -11.2. The van der Waals surface area contributed by atoms with Crippen LogP contribution in [0, 0.1) is 47.3 Å². The van der Waals surface area contributed by atoms with Crippen molar-refractivity contribution in [2.75, 3.05) is 82.6 Å². The number of fused-ring (bicyclic) bond motifs is 4. The van der Waals surface area contributed by atoms with Gasteiger partial charge in [-0.3, -0.25) is 57.5 Å². The van der Waals surface area contributed by atoms with Gasteiger partial charge < -0.3 is 59.6 Å². The summed E-state index contributed by atoms with van der Waals surface area (Å²) in [5.41, 5.74) is -1.55.